The summed E-state index contributed by atoms with van der Waals surface area (Å²) in [4.78, 5) is 17.1. The van der Waals surface area contributed by atoms with E-state index in [1.807, 2.05) is 17.4 Å². The van der Waals surface area contributed by atoms with Gasteiger partial charge in [0.05, 0.1) is 5.41 Å². The van der Waals surface area contributed by atoms with Gasteiger partial charge in [-0.2, -0.15) is 0 Å². The standard InChI is InChI=1S/C23H29FN2OS/c24-20-6-3-5-19(15-20)23(10-1-2-11-23)22(27)25-16-18-8-12-26(13-9-18)17-21-7-4-14-28-21/h3-7,14-15,18H,1-2,8-13,16-17H2,(H,25,27). The Morgan fingerprint density at radius 2 is 1.96 bits per heavy atom. The van der Waals surface area contributed by atoms with Crippen molar-refractivity contribution in [3.63, 3.8) is 0 Å². The third-order valence-corrected chi connectivity index (χ3v) is 7.35. The molecule has 0 spiro atoms. The molecule has 1 aliphatic heterocycles. The number of carbonyl (C=O) groups is 1. The minimum atomic E-state index is -0.540. The van der Waals surface area contributed by atoms with Crippen LogP contribution in [0.1, 0.15) is 49.0 Å². The Balaban J connectivity index is 1.31. The number of carbonyl (C=O) groups excluding carboxylic acids is 1. The number of nitrogens with one attached hydrogen (secondary N) is 1. The molecule has 2 aliphatic rings. The molecular weight excluding hydrogens is 371 g/mol. The number of rotatable bonds is 6. The van der Waals surface area contributed by atoms with Gasteiger partial charge in [0.15, 0.2) is 0 Å². The zero-order chi connectivity index (χ0) is 19.4. The molecule has 0 bridgehead atoms. The maximum atomic E-state index is 13.8. The maximum Gasteiger partial charge on any atom is 0.230 e. The topological polar surface area (TPSA) is 32.3 Å². The van der Waals surface area contributed by atoms with Crippen molar-refractivity contribution in [2.75, 3.05) is 19.6 Å². The Hall–Kier alpha value is -1.72. The highest BCUT2D eigenvalue weighted by Gasteiger charge is 2.42. The van der Waals surface area contributed by atoms with Crippen molar-refractivity contribution in [3.8, 4) is 0 Å². The maximum absolute atomic E-state index is 13.8. The van der Waals surface area contributed by atoms with Crippen molar-refractivity contribution >= 4 is 17.2 Å². The number of hydrogen-bond acceptors (Lipinski definition) is 3. The van der Waals surface area contributed by atoms with Crippen LogP contribution in [0.5, 0.6) is 0 Å². The molecule has 1 saturated carbocycles. The van der Waals surface area contributed by atoms with E-state index in [2.05, 4.69) is 27.7 Å². The van der Waals surface area contributed by atoms with Crippen LogP contribution in [0.4, 0.5) is 4.39 Å². The van der Waals surface area contributed by atoms with Crippen molar-refractivity contribution in [2.24, 2.45) is 5.92 Å². The van der Waals surface area contributed by atoms with E-state index in [1.165, 1.54) is 10.9 Å². The molecule has 1 N–H and O–H groups in total. The molecule has 1 saturated heterocycles. The van der Waals surface area contributed by atoms with Crippen molar-refractivity contribution in [1.29, 1.82) is 0 Å². The molecule has 4 rings (SSSR count). The van der Waals surface area contributed by atoms with Gasteiger partial charge in [0.25, 0.3) is 0 Å². The molecule has 1 amide bonds. The first-order valence-corrected chi connectivity index (χ1v) is 11.3. The molecule has 150 valence electrons. The van der Waals surface area contributed by atoms with Crippen LogP contribution in [-0.4, -0.2) is 30.4 Å². The molecule has 1 aromatic heterocycles. The number of halogens is 1. The van der Waals surface area contributed by atoms with E-state index >= 15 is 0 Å². The van der Waals surface area contributed by atoms with E-state index in [-0.39, 0.29) is 11.7 Å². The first-order valence-electron chi connectivity index (χ1n) is 10.4. The molecule has 0 radical (unpaired) electrons. The monoisotopic (exact) mass is 400 g/mol. The highest BCUT2D eigenvalue weighted by atomic mass is 32.1. The number of hydrogen-bond donors (Lipinski definition) is 1. The second-order valence-electron chi connectivity index (χ2n) is 8.31. The quantitative estimate of drug-likeness (QED) is 0.760. The van der Waals surface area contributed by atoms with Gasteiger partial charge in [-0.25, -0.2) is 4.39 Å². The number of thiophene rings is 1. The lowest BCUT2D eigenvalue weighted by molar-refractivity contribution is -0.126. The van der Waals surface area contributed by atoms with E-state index in [1.54, 1.807) is 12.1 Å². The smallest absolute Gasteiger partial charge is 0.230 e. The normalized spacial score (nSPS) is 20.3. The number of piperidine rings is 1. The largest absolute Gasteiger partial charge is 0.355 e. The Morgan fingerprint density at radius 1 is 1.18 bits per heavy atom. The van der Waals surface area contributed by atoms with Crippen LogP contribution in [0.25, 0.3) is 0 Å². The number of nitrogens with zero attached hydrogens (tertiary/aromatic N) is 1. The van der Waals surface area contributed by atoms with Crippen molar-refractivity contribution in [2.45, 2.75) is 50.5 Å². The minimum Gasteiger partial charge on any atom is -0.355 e. The number of amides is 1. The molecular formula is C23H29FN2OS. The zero-order valence-electron chi connectivity index (χ0n) is 16.3. The first-order chi connectivity index (χ1) is 13.7. The molecule has 3 nitrogen and oxygen atoms in total. The molecule has 2 fully saturated rings. The number of likely N-dealkylation sites (tertiary alicyclic amines) is 1. The van der Waals surface area contributed by atoms with Crippen molar-refractivity contribution in [3.05, 3.63) is 58.0 Å². The third kappa shape index (κ3) is 4.31. The summed E-state index contributed by atoms with van der Waals surface area (Å²) in [7, 11) is 0. The average molecular weight is 401 g/mol. The van der Waals surface area contributed by atoms with Crippen LogP contribution in [0.15, 0.2) is 41.8 Å². The summed E-state index contributed by atoms with van der Waals surface area (Å²) in [5.41, 5.74) is 0.301. The summed E-state index contributed by atoms with van der Waals surface area (Å²) in [5.74, 6) is 0.376. The lowest BCUT2D eigenvalue weighted by Gasteiger charge is -2.33. The van der Waals surface area contributed by atoms with Gasteiger partial charge in [0.1, 0.15) is 5.82 Å². The van der Waals surface area contributed by atoms with Crippen LogP contribution < -0.4 is 5.32 Å². The summed E-state index contributed by atoms with van der Waals surface area (Å²) in [6.07, 6.45) is 5.95. The molecule has 0 unspecified atom stereocenters. The van der Waals surface area contributed by atoms with Gasteiger partial charge in [-0.1, -0.05) is 31.0 Å². The molecule has 5 heteroatoms. The Morgan fingerprint density at radius 3 is 2.64 bits per heavy atom. The van der Waals surface area contributed by atoms with E-state index in [4.69, 9.17) is 0 Å². The predicted octanol–water partition coefficient (Wildman–Crippen LogP) is 4.73. The van der Waals surface area contributed by atoms with Crippen molar-refractivity contribution < 1.29 is 9.18 Å². The van der Waals surface area contributed by atoms with E-state index in [9.17, 15) is 9.18 Å². The van der Waals surface area contributed by atoms with Crippen LogP contribution >= 0.6 is 11.3 Å². The highest BCUT2D eigenvalue weighted by Crippen LogP contribution is 2.41. The van der Waals surface area contributed by atoms with Gasteiger partial charge in [-0.05, 0) is 73.8 Å². The molecule has 1 aromatic carbocycles. The van der Waals surface area contributed by atoms with Crippen LogP contribution in [0.3, 0.4) is 0 Å². The van der Waals surface area contributed by atoms with E-state index < -0.39 is 5.41 Å². The fourth-order valence-corrected chi connectivity index (χ4v) is 5.54. The van der Waals surface area contributed by atoms with Crippen LogP contribution in [0, 0.1) is 11.7 Å². The molecule has 1 aliphatic carbocycles. The second kappa shape index (κ2) is 8.75. The van der Waals surface area contributed by atoms with Gasteiger partial charge < -0.3 is 5.32 Å². The zero-order valence-corrected chi connectivity index (χ0v) is 17.1. The fourth-order valence-electron chi connectivity index (χ4n) is 4.79. The minimum absolute atomic E-state index is 0.0941. The van der Waals surface area contributed by atoms with E-state index in [0.717, 1.165) is 70.3 Å². The van der Waals surface area contributed by atoms with Crippen molar-refractivity contribution in [1.82, 2.24) is 10.2 Å². The second-order valence-corrected chi connectivity index (χ2v) is 9.34. The van der Waals surface area contributed by atoms with Crippen LogP contribution in [0.2, 0.25) is 0 Å². The van der Waals surface area contributed by atoms with Gasteiger partial charge >= 0.3 is 0 Å². The average Bonchev–Trinajstić information content (AvgIpc) is 3.40. The molecule has 28 heavy (non-hydrogen) atoms. The molecule has 2 heterocycles. The first kappa shape index (κ1) is 19.6. The summed E-state index contributed by atoms with van der Waals surface area (Å²) >= 11 is 1.82. The summed E-state index contributed by atoms with van der Waals surface area (Å²) in [6, 6.07) is 10.9. The Labute approximate surface area is 170 Å². The van der Waals surface area contributed by atoms with E-state index in [0.29, 0.717) is 5.92 Å². The Bertz CT molecular complexity index is 778. The predicted molar refractivity (Wildman–Crippen MR) is 112 cm³/mol. The lowest BCUT2D eigenvalue weighted by Crippen LogP contribution is -2.45. The Kier molecular flexibility index (Phi) is 6.12. The summed E-state index contributed by atoms with van der Waals surface area (Å²) in [6.45, 7) is 3.96. The SMILES string of the molecule is O=C(NCC1CCN(Cc2cccs2)CC1)C1(c2cccc(F)c2)CCCC1. The molecule has 0 atom stereocenters. The molecule has 2 aromatic rings. The highest BCUT2D eigenvalue weighted by molar-refractivity contribution is 7.09. The summed E-state index contributed by atoms with van der Waals surface area (Å²) in [5, 5.41) is 5.37. The van der Waals surface area contributed by atoms with Crippen LogP contribution in [-0.2, 0) is 16.8 Å². The lowest BCUT2D eigenvalue weighted by atomic mass is 9.77. The summed E-state index contributed by atoms with van der Waals surface area (Å²) < 4.78 is 13.8. The third-order valence-electron chi connectivity index (χ3n) is 6.49. The van der Waals surface area contributed by atoms with Gasteiger partial charge in [-0.3, -0.25) is 9.69 Å². The number of benzene rings is 1. The fraction of sp³-hybridized carbons (Fsp3) is 0.522. The van der Waals surface area contributed by atoms with Gasteiger partial charge in [0, 0.05) is 18.0 Å². The van der Waals surface area contributed by atoms with Gasteiger partial charge in [0.2, 0.25) is 5.91 Å². The van der Waals surface area contributed by atoms with Gasteiger partial charge in [-0.15, -0.1) is 11.3 Å².